The van der Waals surface area contributed by atoms with Crippen molar-refractivity contribution >= 4 is 17.9 Å². The largest absolute Gasteiger partial charge is 0.481 e. The van der Waals surface area contributed by atoms with Crippen molar-refractivity contribution in [3.63, 3.8) is 0 Å². The van der Waals surface area contributed by atoms with Crippen LogP contribution < -0.4 is 0 Å². The summed E-state index contributed by atoms with van der Waals surface area (Å²) in [6, 6.07) is 0. The molecule has 0 aromatic heterocycles. The molecular weight excluding hydrogens is 496 g/mol. The van der Waals surface area contributed by atoms with E-state index in [2.05, 4.69) is 20.8 Å². The van der Waals surface area contributed by atoms with Gasteiger partial charge in [-0.1, -0.05) is 149 Å². The Morgan fingerprint density at radius 3 is 1.23 bits per heavy atom. The quantitative estimate of drug-likeness (QED) is 0.0709. The molecule has 0 aromatic carbocycles. The van der Waals surface area contributed by atoms with Gasteiger partial charge in [0, 0.05) is 0 Å². The number of carboxylic acid groups (broad SMARTS) is 3. The first-order chi connectivity index (χ1) is 18.5. The van der Waals surface area contributed by atoms with E-state index in [0.717, 1.165) is 57.8 Å². The minimum Gasteiger partial charge on any atom is -0.481 e. The van der Waals surface area contributed by atoms with E-state index < -0.39 is 35.3 Å². The maximum atomic E-state index is 12.5. The highest BCUT2D eigenvalue weighted by Crippen LogP contribution is 2.45. The van der Waals surface area contributed by atoms with Crippen LogP contribution in [-0.2, 0) is 14.4 Å². The molecule has 2 unspecified atom stereocenters. The average molecular weight is 557 g/mol. The van der Waals surface area contributed by atoms with Crippen LogP contribution in [-0.4, -0.2) is 43.9 Å². The summed E-state index contributed by atoms with van der Waals surface area (Å²) in [5.41, 5.74) is -4.87. The molecular formula is C32H60O7. The Balaban J connectivity index is 4.78. The van der Waals surface area contributed by atoms with Gasteiger partial charge in [-0.2, -0.15) is 0 Å². The van der Waals surface area contributed by atoms with E-state index >= 15 is 0 Å². The fraction of sp³-hybridized carbons (Fsp3) is 0.906. The van der Waals surface area contributed by atoms with Crippen LogP contribution in [0.5, 0.6) is 0 Å². The number of hydrogen-bond acceptors (Lipinski definition) is 4. The van der Waals surface area contributed by atoms with Crippen LogP contribution >= 0.6 is 0 Å². The Morgan fingerprint density at radius 1 is 0.564 bits per heavy atom. The summed E-state index contributed by atoms with van der Waals surface area (Å²) in [4.78, 5) is 36.1. The molecule has 0 heterocycles. The van der Waals surface area contributed by atoms with Gasteiger partial charge in [-0.05, 0) is 18.8 Å². The zero-order valence-electron chi connectivity index (χ0n) is 25.4. The summed E-state index contributed by atoms with van der Waals surface area (Å²) in [6.07, 6.45) is 20.1. The Bertz CT molecular complexity index is 663. The maximum absolute atomic E-state index is 12.5. The smallest absolute Gasteiger partial charge is 0.337 e. The molecule has 0 saturated carbocycles. The molecule has 0 spiro atoms. The molecule has 0 fully saturated rings. The summed E-state index contributed by atoms with van der Waals surface area (Å²) >= 11 is 0. The summed E-state index contributed by atoms with van der Waals surface area (Å²) in [5, 5.41) is 40.5. The topological polar surface area (TPSA) is 132 Å². The van der Waals surface area contributed by atoms with E-state index in [-0.39, 0.29) is 12.8 Å². The minimum atomic E-state index is -2.85. The lowest BCUT2D eigenvalue weighted by Crippen LogP contribution is -2.59. The van der Waals surface area contributed by atoms with Crippen molar-refractivity contribution in [1.82, 2.24) is 0 Å². The molecule has 0 amide bonds. The maximum Gasteiger partial charge on any atom is 0.337 e. The summed E-state index contributed by atoms with van der Waals surface area (Å²) < 4.78 is 0. The molecule has 0 aromatic rings. The molecule has 230 valence electrons. The van der Waals surface area contributed by atoms with Crippen molar-refractivity contribution in [3.05, 3.63) is 0 Å². The molecule has 4 N–H and O–H groups in total. The zero-order valence-corrected chi connectivity index (χ0v) is 25.4. The molecule has 0 rings (SSSR count). The number of carboxylic acids is 3. The SMILES string of the molecule is CCCCCCCCCCCCCCCCC(CCCCCCCC(C)C)(C(=O)O)C(O)(CC(=O)O)C(=O)O. The van der Waals surface area contributed by atoms with E-state index in [4.69, 9.17) is 0 Å². The minimum absolute atomic E-state index is 0.0379. The van der Waals surface area contributed by atoms with E-state index in [1.807, 2.05) is 0 Å². The number of aliphatic hydroxyl groups is 1. The summed E-state index contributed by atoms with van der Waals surface area (Å²) in [7, 11) is 0. The van der Waals surface area contributed by atoms with Gasteiger partial charge in [-0.15, -0.1) is 0 Å². The van der Waals surface area contributed by atoms with Gasteiger partial charge in [0.05, 0.1) is 6.42 Å². The predicted octanol–water partition coefficient (Wildman–Crippen LogP) is 8.61. The third kappa shape index (κ3) is 15.7. The van der Waals surface area contributed by atoms with Crippen molar-refractivity contribution in [3.8, 4) is 0 Å². The second-order valence-corrected chi connectivity index (χ2v) is 12.2. The first-order valence-corrected chi connectivity index (χ1v) is 15.9. The van der Waals surface area contributed by atoms with Crippen LogP contribution in [0, 0.1) is 11.3 Å². The van der Waals surface area contributed by atoms with Gasteiger partial charge < -0.3 is 20.4 Å². The average Bonchev–Trinajstić information content (AvgIpc) is 2.86. The highest BCUT2D eigenvalue weighted by Gasteiger charge is 2.61. The molecule has 0 bridgehead atoms. The molecule has 0 radical (unpaired) electrons. The second-order valence-electron chi connectivity index (χ2n) is 12.2. The van der Waals surface area contributed by atoms with Crippen molar-refractivity contribution < 1.29 is 34.8 Å². The van der Waals surface area contributed by atoms with Crippen LogP contribution in [0.4, 0.5) is 0 Å². The first-order valence-electron chi connectivity index (χ1n) is 15.9. The van der Waals surface area contributed by atoms with Gasteiger partial charge in [0.1, 0.15) is 5.41 Å². The number of carbonyl (C=O) groups is 3. The Morgan fingerprint density at radius 2 is 0.923 bits per heavy atom. The standard InChI is InChI=1S/C32H60O7/c1-4-5-6-7-8-9-10-11-12-13-14-15-18-21-24-31(29(35)36,32(39,30(37)38)26-28(33)34)25-22-19-16-17-20-23-27(2)3/h27,39H,4-26H2,1-3H3,(H,33,34)(H,35,36)(H,37,38). The number of rotatable bonds is 28. The lowest BCUT2D eigenvalue weighted by atomic mass is 9.64. The Labute approximate surface area is 238 Å². The lowest BCUT2D eigenvalue weighted by molar-refractivity contribution is -0.196. The van der Waals surface area contributed by atoms with Gasteiger partial charge in [-0.3, -0.25) is 9.59 Å². The molecule has 0 saturated heterocycles. The zero-order chi connectivity index (χ0) is 29.6. The van der Waals surface area contributed by atoms with E-state index in [1.165, 1.54) is 57.8 Å². The van der Waals surface area contributed by atoms with Crippen LogP contribution in [0.3, 0.4) is 0 Å². The number of aliphatic carboxylic acids is 3. The molecule has 7 nitrogen and oxygen atoms in total. The molecule has 39 heavy (non-hydrogen) atoms. The fourth-order valence-electron chi connectivity index (χ4n) is 5.73. The second kappa shape index (κ2) is 22.1. The van der Waals surface area contributed by atoms with E-state index in [1.54, 1.807) is 0 Å². The summed E-state index contributed by atoms with van der Waals surface area (Å²) in [6.45, 7) is 6.58. The van der Waals surface area contributed by atoms with E-state index in [9.17, 15) is 34.8 Å². The first kappa shape index (κ1) is 37.4. The third-order valence-electron chi connectivity index (χ3n) is 8.30. The normalized spacial score (nSPS) is 14.7. The van der Waals surface area contributed by atoms with Crippen molar-refractivity contribution in [2.75, 3.05) is 0 Å². The van der Waals surface area contributed by atoms with Crippen LogP contribution in [0.2, 0.25) is 0 Å². The molecule has 0 aliphatic rings. The summed E-state index contributed by atoms with van der Waals surface area (Å²) in [5.74, 6) is -4.06. The highest BCUT2D eigenvalue weighted by atomic mass is 16.4. The number of hydrogen-bond donors (Lipinski definition) is 4. The Hall–Kier alpha value is -1.63. The van der Waals surface area contributed by atoms with Gasteiger partial charge in [0.2, 0.25) is 0 Å². The molecule has 7 heteroatoms. The number of unbranched alkanes of at least 4 members (excludes halogenated alkanes) is 17. The fourth-order valence-corrected chi connectivity index (χ4v) is 5.73. The molecule has 0 aliphatic heterocycles. The molecule has 2 atom stereocenters. The Kier molecular flexibility index (Phi) is 21.2. The monoisotopic (exact) mass is 556 g/mol. The van der Waals surface area contributed by atoms with Crippen molar-refractivity contribution in [2.24, 2.45) is 11.3 Å². The van der Waals surface area contributed by atoms with E-state index in [0.29, 0.717) is 18.8 Å². The van der Waals surface area contributed by atoms with Gasteiger partial charge in [0.15, 0.2) is 5.60 Å². The van der Waals surface area contributed by atoms with Gasteiger partial charge in [0.25, 0.3) is 0 Å². The van der Waals surface area contributed by atoms with Gasteiger partial charge >= 0.3 is 17.9 Å². The van der Waals surface area contributed by atoms with Crippen LogP contribution in [0.25, 0.3) is 0 Å². The van der Waals surface area contributed by atoms with Crippen molar-refractivity contribution in [2.45, 2.75) is 174 Å². The third-order valence-corrected chi connectivity index (χ3v) is 8.30. The van der Waals surface area contributed by atoms with Gasteiger partial charge in [-0.25, -0.2) is 4.79 Å². The predicted molar refractivity (Wildman–Crippen MR) is 157 cm³/mol. The highest BCUT2D eigenvalue weighted by molar-refractivity contribution is 5.92. The molecule has 0 aliphatic carbocycles. The van der Waals surface area contributed by atoms with Crippen LogP contribution in [0.15, 0.2) is 0 Å². The lowest BCUT2D eigenvalue weighted by Gasteiger charge is -2.41. The van der Waals surface area contributed by atoms with Crippen molar-refractivity contribution in [1.29, 1.82) is 0 Å². The van der Waals surface area contributed by atoms with Crippen LogP contribution in [0.1, 0.15) is 168 Å².